The Morgan fingerprint density at radius 1 is 1.60 bits per heavy atom. The number of imidazole rings is 1. The van der Waals surface area contributed by atoms with Crippen LogP contribution in [-0.2, 0) is 11.3 Å². The highest BCUT2D eigenvalue weighted by molar-refractivity contribution is 5.75. The van der Waals surface area contributed by atoms with Gasteiger partial charge in [0.1, 0.15) is 5.82 Å². The van der Waals surface area contributed by atoms with E-state index < -0.39 is 5.60 Å². The van der Waals surface area contributed by atoms with E-state index in [-0.39, 0.29) is 11.8 Å². The molecule has 2 unspecified atom stereocenters. The number of aryl methyl sites for hydroxylation is 2. The molecule has 0 saturated carbocycles. The van der Waals surface area contributed by atoms with Crippen LogP contribution >= 0.6 is 0 Å². The molecule has 0 aromatic carbocycles. The number of aromatic nitrogens is 2. The molecule has 0 spiro atoms. The highest BCUT2D eigenvalue weighted by atomic mass is 16.3. The fourth-order valence-corrected chi connectivity index (χ4v) is 2.03. The number of amides is 1. The van der Waals surface area contributed by atoms with Crippen molar-refractivity contribution in [3.05, 3.63) is 18.2 Å². The lowest BCUT2D eigenvalue weighted by atomic mass is 9.88. The summed E-state index contributed by atoms with van der Waals surface area (Å²) in [6.07, 6.45) is 5.81. The molecule has 0 fully saturated rings. The predicted molar refractivity (Wildman–Crippen MR) is 79.3 cm³/mol. The molecule has 1 aromatic rings. The lowest BCUT2D eigenvalue weighted by Gasteiger charge is -2.29. The second-order valence-corrected chi connectivity index (χ2v) is 5.71. The average Bonchev–Trinajstić information content (AvgIpc) is 2.81. The van der Waals surface area contributed by atoms with Gasteiger partial charge in [-0.3, -0.25) is 4.79 Å². The van der Waals surface area contributed by atoms with Crippen LogP contribution in [-0.4, -0.2) is 32.7 Å². The van der Waals surface area contributed by atoms with Crippen molar-refractivity contribution >= 4 is 5.91 Å². The fourth-order valence-electron chi connectivity index (χ4n) is 2.03. The monoisotopic (exact) mass is 281 g/mol. The van der Waals surface area contributed by atoms with Gasteiger partial charge in [0.05, 0.1) is 5.60 Å². The molecule has 0 bridgehead atoms. The molecule has 5 heteroatoms. The van der Waals surface area contributed by atoms with E-state index in [1.165, 1.54) is 0 Å². The summed E-state index contributed by atoms with van der Waals surface area (Å²) in [5.74, 6) is 1.12. The van der Waals surface area contributed by atoms with Crippen LogP contribution in [0.15, 0.2) is 12.4 Å². The number of rotatable bonds is 8. The first kappa shape index (κ1) is 16.7. The number of carbonyl (C=O) groups excluding carboxylic acids is 1. The summed E-state index contributed by atoms with van der Waals surface area (Å²) in [5, 5.41) is 13.0. The van der Waals surface area contributed by atoms with Crippen LogP contribution in [0, 0.1) is 12.8 Å². The second kappa shape index (κ2) is 7.43. The topological polar surface area (TPSA) is 67.2 Å². The van der Waals surface area contributed by atoms with Crippen molar-refractivity contribution < 1.29 is 9.90 Å². The van der Waals surface area contributed by atoms with Crippen molar-refractivity contribution in [2.24, 2.45) is 5.92 Å². The lowest BCUT2D eigenvalue weighted by molar-refractivity contribution is -0.122. The smallest absolute Gasteiger partial charge is 0.220 e. The fraction of sp³-hybridized carbons (Fsp3) is 0.733. The van der Waals surface area contributed by atoms with Gasteiger partial charge in [0.25, 0.3) is 0 Å². The van der Waals surface area contributed by atoms with Gasteiger partial charge in [-0.2, -0.15) is 0 Å². The third-order valence-electron chi connectivity index (χ3n) is 4.04. The molecule has 0 aliphatic rings. The zero-order chi connectivity index (χ0) is 15.2. The summed E-state index contributed by atoms with van der Waals surface area (Å²) in [4.78, 5) is 15.9. The Balaban J connectivity index is 2.26. The quantitative estimate of drug-likeness (QED) is 0.764. The Kier molecular flexibility index (Phi) is 6.20. The third-order valence-corrected chi connectivity index (χ3v) is 4.04. The first-order valence-electron chi connectivity index (χ1n) is 7.33. The molecular weight excluding hydrogens is 254 g/mol. The molecule has 0 saturated heterocycles. The summed E-state index contributed by atoms with van der Waals surface area (Å²) in [6, 6.07) is 0. The molecule has 20 heavy (non-hydrogen) atoms. The number of hydrogen-bond donors (Lipinski definition) is 2. The molecule has 0 aliphatic carbocycles. The first-order valence-corrected chi connectivity index (χ1v) is 7.33. The van der Waals surface area contributed by atoms with Crippen LogP contribution in [0.3, 0.4) is 0 Å². The Hall–Kier alpha value is -1.36. The third kappa shape index (κ3) is 4.96. The highest BCUT2D eigenvalue weighted by Crippen LogP contribution is 2.18. The van der Waals surface area contributed by atoms with Crippen LogP contribution in [0.5, 0.6) is 0 Å². The van der Waals surface area contributed by atoms with Crippen LogP contribution in [0.2, 0.25) is 0 Å². The van der Waals surface area contributed by atoms with E-state index in [0.29, 0.717) is 13.0 Å². The Morgan fingerprint density at radius 3 is 2.85 bits per heavy atom. The Morgan fingerprint density at radius 2 is 2.30 bits per heavy atom. The van der Waals surface area contributed by atoms with Gasteiger partial charge in [0, 0.05) is 31.9 Å². The Bertz CT molecular complexity index is 427. The maximum absolute atomic E-state index is 11.8. The van der Waals surface area contributed by atoms with Crippen molar-refractivity contribution in [3.8, 4) is 0 Å². The molecule has 1 aromatic heterocycles. The average molecular weight is 281 g/mol. The Labute approximate surface area is 121 Å². The number of aliphatic hydroxyl groups is 1. The van der Waals surface area contributed by atoms with Crippen molar-refractivity contribution in [2.75, 3.05) is 6.54 Å². The van der Waals surface area contributed by atoms with Gasteiger partial charge in [-0.15, -0.1) is 0 Å². The van der Waals surface area contributed by atoms with Gasteiger partial charge < -0.3 is 15.0 Å². The molecule has 1 rings (SSSR count). The van der Waals surface area contributed by atoms with E-state index in [9.17, 15) is 9.90 Å². The van der Waals surface area contributed by atoms with Gasteiger partial charge in [0.15, 0.2) is 0 Å². The SMILES string of the molecule is CCC(C)C(C)(O)CNC(=O)CCCn1ccnc1C. The minimum Gasteiger partial charge on any atom is -0.388 e. The molecule has 1 amide bonds. The maximum Gasteiger partial charge on any atom is 0.220 e. The van der Waals surface area contributed by atoms with Gasteiger partial charge in [0.2, 0.25) is 5.91 Å². The number of carbonyl (C=O) groups is 1. The molecule has 2 atom stereocenters. The van der Waals surface area contributed by atoms with Gasteiger partial charge >= 0.3 is 0 Å². The molecular formula is C15H27N3O2. The van der Waals surface area contributed by atoms with Crippen LogP contribution in [0.1, 0.15) is 45.9 Å². The largest absolute Gasteiger partial charge is 0.388 e. The van der Waals surface area contributed by atoms with Crippen molar-refractivity contribution in [1.29, 1.82) is 0 Å². The van der Waals surface area contributed by atoms with Crippen molar-refractivity contribution in [2.45, 2.75) is 59.1 Å². The molecule has 2 N–H and O–H groups in total. The van der Waals surface area contributed by atoms with Crippen LogP contribution in [0.25, 0.3) is 0 Å². The molecule has 0 radical (unpaired) electrons. The number of nitrogens with zero attached hydrogens (tertiary/aromatic N) is 2. The van der Waals surface area contributed by atoms with E-state index in [1.807, 2.05) is 31.5 Å². The van der Waals surface area contributed by atoms with Crippen molar-refractivity contribution in [3.63, 3.8) is 0 Å². The lowest BCUT2D eigenvalue weighted by Crippen LogP contribution is -2.45. The summed E-state index contributed by atoms with van der Waals surface area (Å²) in [7, 11) is 0. The maximum atomic E-state index is 11.8. The van der Waals surface area contributed by atoms with E-state index >= 15 is 0 Å². The number of hydrogen-bond acceptors (Lipinski definition) is 3. The minimum atomic E-state index is -0.842. The summed E-state index contributed by atoms with van der Waals surface area (Å²) < 4.78 is 2.03. The van der Waals surface area contributed by atoms with E-state index in [1.54, 1.807) is 13.1 Å². The molecule has 114 valence electrons. The summed E-state index contributed by atoms with van der Waals surface area (Å²) in [5.41, 5.74) is -0.842. The minimum absolute atomic E-state index is 0.00801. The van der Waals surface area contributed by atoms with E-state index in [0.717, 1.165) is 25.2 Å². The molecule has 5 nitrogen and oxygen atoms in total. The van der Waals surface area contributed by atoms with E-state index in [2.05, 4.69) is 10.3 Å². The second-order valence-electron chi connectivity index (χ2n) is 5.71. The normalized spacial score (nSPS) is 15.7. The summed E-state index contributed by atoms with van der Waals surface area (Å²) >= 11 is 0. The molecule has 1 heterocycles. The van der Waals surface area contributed by atoms with Gasteiger partial charge in [-0.05, 0) is 26.2 Å². The van der Waals surface area contributed by atoms with Crippen LogP contribution in [0.4, 0.5) is 0 Å². The highest BCUT2D eigenvalue weighted by Gasteiger charge is 2.27. The van der Waals surface area contributed by atoms with E-state index in [4.69, 9.17) is 0 Å². The van der Waals surface area contributed by atoms with Crippen LogP contribution < -0.4 is 5.32 Å². The number of nitrogens with one attached hydrogen (secondary N) is 1. The molecule has 0 aliphatic heterocycles. The van der Waals surface area contributed by atoms with Gasteiger partial charge in [-0.1, -0.05) is 20.3 Å². The predicted octanol–water partition coefficient (Wildman–Crippen LogP) is 1.89. The first-order chi connectivity index (χ1) is 9.36. The van der Waals surface area contributed by atoms with Crippen molar-refractivity contribution in [1.82, 2.24) is 14.9 Å². The zero-order valence-electron chi connectivity index (χ0n) is 13.0. The van der Waals surface area contributed by atoms with Gasteiger partial charge in [-0.25, -0.2) is 4.98 Å². The zero-order valence-corrected chi connectivity index (χ0v) is 13.0. The summed E-state index contributed by atoms with van der Waals surface area (Å²) in [6.45, 7) is 8.86. The standard InChI is InChI=1S/C15H27N3O2/c1-5-12(2)15(4,20)11-17-14(19)7-6-9-18-10-8-16-13(18)3/h8,10,12,20H,5-7,9,11H2,1-4H3,(H,17,19).